The molecule has 6 heteroatoms. The summed E-state index contributed by atoms with van der Waals surface area (Å²) in [5.74, 6) is -0.752. The van der Waals surface area contributed by atoms with Gasteiger partial charge in [0.2, 0.25) is 0 Å². The largest absolute Gasteiger partial charge is 0.316 e. The van der Waals surface area contributed by atoms with Crippen molar-refractivity contribution in [1.82, 2.24) is 4.57 Å². The average molecular weight is 389 g/mol. The minimum Gasteiger partial charge on any atom is -0.316 e. The molecule has 0 radical (unpaired) electrons. The van der Waals surface area contributed by atoms with Crippen LogP contribution in [0.25, 0.3) is 11.3 Å². The van der Waals surface area contributed by atoms with E-state index < -0.39 is 0 Å². The molecule has 1 heterocycles. The van der Waals surface area contributed by atoms with Gasteiger partial charge in [0.1, 0.15) is 5.82 Å². The zero-order valence-corrected chi connectivity index (χ0v) is 16.1. The summed E-state index contributed by atoms with van der Waals surface area (Å²) in [6.07, 6.45) is 0.836. The molecule has 0 aliphatic heterocycles. The minimum atomic E-state index is -0.376. The molecule has 0 unspecified atom stereocenters. The Hall–Kier alpha value is -2.24. The fourth-order valence-corrected chi connectivity index (χ4v) is 4.02. The molecule has 134 valence electrons. The lowest BCUT2D eigenvalue weighted by atomic mass is 10.1. The zero-order valence-electron chi connectivity index (χ0n) is 14.5. The van der Waals surface area contributed by atoms with Crippen LogP contribution < -0.4 is 4.80 Å². The first-order valence-electron chi connectivity index (χ1n) is 8.36. The molecule has 1 amide bonds. The van der Waals surface area contributed by atoms with E-state index in [0.717, 1.165) is 22.6 Å². The molecule has 3 rings (SSSR count). The number of hydrogen-bond donors (Lipinski definition) is 0. The number of amides is 1. The van der Waals surface area contributed by atoms with Gasteiger partial charge in [-0.3, -0.25) is 4.79 Å². The third kappa shape index (κ3) is 3.79. The van der Waals surface area contributed by atoms with E-state index in [1.807, 2.05) is 35.8 Å². The maximum atomic E-state index is 13.1. The highest BCUT2D eigenvalue weighted by molar-refractivity contribution is 7.09. The van der Waals surface area contributed by atoms with Gasteiger partial charge in [0.05, 0.1) is 5.69 Å². The zero-order chi connectivity index (χ0) is 18.7. The summed E-state index contributed by atoms with van der Waals surface area (Å²) in [6, 6.07) is 13.1. The number of thiazole rings is 1. The highest BCUT2D eigenvalue weighted by Gasteiger charge is 2.15. The third-order valence-corrected chi connectivity index (χ3v) is 5.50. The summed E-state index contributed by atoms with van der Waals surface area (Å²) in [6.45, 7) is 4.79. The van der Waals surface area contributed by atoms with Gasteiger partial charge < -0.3 is 4.57 Å². The Bertz CT molecular complexity index is 988. The molecule has 3 aromatic rings. The molecule has 0 N–H and O–H groups in total. The molecular weight excluding hydrogens is 371 g/mol. The van der Waals surface area contributed by atoms with E-state index >= 15 is 0 Å². The second kappa shape index (κ2) is 7.98. The number of aromatic nitrogens is 1. The maximum Gasteiger partial charge on any atom is 0.279 e. The Morgan fingerprint density at radius 2 is 1.77 bits per heavy atom. The summed E-state index contributed by atoms with van der Waals surface area (Å²) >= 11 is 7.51. The highest BCUT2D eigenvalue weighted by Crippen LogP contribution is 2.27. The highest BCUT2D eigenvalue weighted by atomic mass is 35.5. The van der Waals surface area contributed by atoms with Gasteiger partial charge in [-0.2, -0.15) is 4.99 Å². The number of aryl methyl sites for hydroxylation is 1. The van der Waals surface area contributed by atoms with Gasteiger partial charge in [-0.15, -0.1) is 11.3 Å². The number of benzene rings is 2. The normalized spacial score (nSPS) is 11.8. The van der Waals surface area contributed by atoms with Crippen molar-refractivity contribution < 1.29 is 9.18 Å². The van der Waals surface area contributed by atoms with E-state index in [1.165, 1.54) is 35.6 Å². The molecule has 0 bridgehead atoms. The van der Waals surface area contributed by atoms with Crippen LogP contribution in [0.5, 0.6) is 0 Å². The van der Waals surface area contributed by atoms with Gasteiger partial charge in [-0.05, 0) is 55.3 Å². The monoisotopic (exact) mass is 388 g/mol. The van der Waals surface area contributed by atoms with E-state index in [-0.39, 0.29) is 11.7 Å². The summed E-state index contributed by atoms with van der Waals surface area (Å²) in [5.41, 5.74) is 2.47. The predicted octanol–water partition coefficient (Wildman–Crippen LogP) is 5.33. The van der Waals surface area contributed by atoms with Crippen LogP contribution in [0.3, 0.4) is 0 Å². The van der Waals surface area contributed by atoms with E-state index in [9.17, 15) is 9.18 Å². The molecule has 0 spiro atoms. The van der Waals surface area contributed by atoms with E-state index in [4.69, 9.17) is 11.6 Å². The maximum absolute atomic E-state index is 13.1. The van der Waals surface area contributed by atoms with Crippen LogP contribution >= 0.6 is 22.9 Å². The molecule has 0 aliphatic rings. The van der Waals surface area contributed by atoms with Gasteiger partial charge in [-0.25, -0.2) is 4.39 Å². The van der Waals surface area contributed by atoms with Gasteiger partial charge in [0.15, 0.2) is 4.80 Å². The van der Waals surface area contributed by atoms with E-state index in [0.29, 0.717) is 21.9 Å². The van der Waals surface area contributed by atoms with Gasteiger partial charge >= 0.3 is 0 Å². The smallest absolute Gasteiger partial charge is 0.279 e. The number of nitrogens with zero attached hydrogens (tertiary/aromatic N) is 2. The van der Waals surface area contributed by atoms with Crippen LogP contribution in [0.15, 0.2) is 53.5 Å². The fraction of sp³-hybridized carbons (Fsp3) is 0.200. The van der Waals surface area contributed by atoms with Crippen molar-refractivity contribution in [3.05, 3.63) is 74.6 Å². The third-order valence-electron chi connectivity index (χ3n) is 4.02. The Kier molecular flexibility index (Phi) is 5.69. The van der Waals surface area contributed by atoms with Crippen LogP contribution in [0, 0.1) is 5.82 Å². The Balaban J connectivity index is 2.12. The van der Waals surface area contributed by atoms with Crippen LogP contribution in [0.4, 0.5) is 4.39 Å². The van der Waals surface area contributed by atoms with Crippen molar-refractivity contribution in [2.75, 3.05) is 0 Å². The topological polar surface area (TPSA) is 34.4 Å². The van der Waals surface area contributed by atoms with Crippen LogP contribution in [-0.4, -0.2) is 10.5 Å². The first-order chi connectivity index (χ1) is 12.5. The molecule has 26 heavy (non-hydrogen) atoms. The quantitative estimate of drug-likeness (QED) is 0.594. The summed E-state index contributed by atoms with van der Waals surface area (Å²) in [5, 5.41) is 0.682. The van der Waals surface area contributed by atoms with Crippen LogP contribution in [-0.2, 0) is 13.0 Å². The second-order valence-corrected chi connectivity index (χ2v) is 7.18. The van der Waals surface area contributed by atoms with Crippen molar-refractivity contribution in [2.24, 2.45) is 4.99 Å². The molecule has 0 aliphatic carbocycles. The van der Waals surface area contributed by atoms with Crippen molar-refractivity contribution >= 4 is 28.8 Å². The lowest BCUT2D eigenvalue weighted by Gasteiger charge is -2.08. The summed E-state index contributed by atoms with van der Waals surface area (Å²) < 4.78 is 15.1. The van der Waals surface area contributed by atoms with Gasteiger partial charge in [0.25, 0.3) is 5.91 Å². The lowest BCUT2D eigenvalue weighted by molar-refractivity contribution is 0.0998. The average Bonchev–Trinajstić information content (AvgIpc) is 3.00. The molecular formula is C20H18ClFN2OS. The molecule has 0 saturated carbocycles. The number of rotatable bonds is 4. The first-order valence-corrected chi connectivity index (χ1v) is 9.56. The molecule has 3 nitrogen and oxygen atoms in total. The Morgan fingerprint density at radius 3 is 2.35 bits per heavy atom. The van der Waals surface area contributed by atoms with E-state index in [2.05, 4.69) is 11.9 Å². The fourth-order valence-electron chi connectivity index (χ4n) is 2.74. The second-order valence-electron chi connectivity index (χ2n) is 5.68. The predicted molar refractivity (Wildman–Crippen MR) is 104 cm³/mol. The van der Waals surface area contributed by atoms with Crippen molar-refractivity contribution in [3.63, 3.8) is 0 Å². The number of hydrogen-bond acceptors (Lipinski definition) is 2. The molecule has 1 aromatic heterocycles. The summed E-state index contributed by atoms with van der Waals surface area (Å²) in [4.78, 5) is 18.6. The van der Waals surface area contributed by atoms with Gasteiger partial charge in [-0.1, -0.05) is 30.7 Å². The SMILES string of the molecule is CCc1sc(=NC(=O)c2ccc(F)cc2)n(CC)c1-c1ccc(Cl)cc1. The van der Waals surface area contributed by atoms with Crippen LogP contribution in [0.1, 0.15) is 29.1 Å². The van der Waals surface area contributed by atoms with Crippen molar-refractivity contribution in [3.8, 4) is 11.3 Å². The Labute approximate surface area is 160 Å². The lowest BCUT2D eigenvalue weighted by Crippen LogP contribution is -2.17. The molecule has 0 atom stereocenters. The van der Waals surface area contributed by atoms with Crippen LogP contribution in [0.2, 0.25) is 5.02 Å². The Morgan fingerprint density at radius 1 is 1.12 bits per heavy atom. The first kappa shape index (κ1) is 18.5. The standard InChI is InChI=1S/C20H18ClFN2OS/c1-3-17-18(13-5-9-15(21)10-6-13)24(4-2)20(26-17)23-19(25)14-7-11-16(22)12-8-14/h5-12H,3-4H2,1-2H3. The number of halogens is 2. The minimum absolute atomic E-state index is 0.369. The molecule has 0 fully saturated rings. The molecule has 0 saturated heterocycles. The van der Waals surface area contributed by atoms with Crippen molar-refractivity contribution in [1.29, 1.82) is 0 Å². The van der Waals surface area contributed by atoms with Gasteiger partial charge in [0, 0.05) is 22.0 Å². The summed E-state index contributed by atoms with van der Waals surface area (Å²) in [7, 11) is 0. The van der Waals surface area contributed by atoms with E-state index in [1.54, 1.807) is 0 Å². The van der Waals surface area contributed by atoms with Crippen molar-refractivity contribution in [2.45, 2.75) is 26.8 Å². The number of carbonyl (C=O) groups is 1. The molecule has 2 aromatic carbocycles. The number of carbonyl (C=O) groups excluding carboxylic acids is 1.